The number of hydrogen-bond acceptors (Lipinski definition) is 2. The molecule has 0 aliphatic heterocycles. The molecule has 106 valence electrons. The number of hydrogen-bond donors (Lipinski definition) is 1. The zero-order valence-electron chi connectivity index (χ0n) is 12.8. The molecule has 1 N–H and O–H groups in total. The number of carbonyl (C=O) groups is 1. The van der Waals surface area contributed by atoms with Crippen molar-refractivity contribution in [2.75, 3.05) is 18.4 Å². The fourth-order valence-electron chi connectivity index (χ4n) is 2.19. The summed E-state index contributed by atoms with van der Waals surface area (Å²) < 4.78 is 0. The van der Waals surface area contributed by atoms with E-state index in [2.05, 4.69) is 33.0 Å². The van der Waals surface area contributed by atoms with Gasteiger partial charge in [0.2, 0.25) is 0 Å². The van der Waals surface area contributed by atoms with Gasteiger partial charge >= 0.3 is 0 Å². The minimum Gasteiger partial charge on any atom is -0.385 e. The Bertz CT molecular complexity index is 427. The van der Waals surface area contributed by atoms with Crippen LogP contribution in [0.25, 0.3) is 0 Å². The van der Waals surface area contributed by atoms with Crippen LogP contribution < -0.4 is 5.32 Å². The molecule has 0 spiro atoms. The molecule has 1 amide bonds. The molecule has 1 aromatic carbocycles. The summed E-state index contributed by atoms with van der Waals surface area (Å²) in [6.07, 6.45) is 0.984. The second-order valence-electron chi connectivity index (χ2n) is 5.15. The van der Waals surface area contributed by atoms with E-state index in [0.29, 0.717) is 0 Å². The van der Waals surface area contributed by atoms with E-state index < -0.39 is 0 Å². The first kappa shape index (κ1) is 15.5. The molecule has 0 heterocycles. The summed E-state index contributed by atoms with van der Waals surface area (Å²) in [7, 11) is 0. The van der Waals surface area contributed by atoms with Crippen LogP contribution in [0.5, 0.6) is 0 Å². The number of amides is 1. The first-order valence-electron chi connectivity index (χ1n) is 7.16. The lowest BCUT2D eigenvalue weighted by Gasteiger charge is -2.26. The summed E-state index contributed by atoms with van der Waals surface area (Å²) in [5.41, 5.74) is 3.00. The Morgan fingerprint density at radius 3 is 2.47 bits per heavy atom. The SMILES string of the molecule is CCCN(C(=O)c1ccc(NCC)c(C)c1)C(C)C. The summed E-state index contributed by atoms with van der Waals surface area (Å²) in [5.74, 6) is 0.128. The van der Waals surface area contributed by atoms with E-state index in [0.717, 1.165) is 36.3 Å². The molecule has 0 aromatic heterocycles. The van der Waals surface area contributed by atoms with Gasteiger partial charge < -0.3 is 10.2 Å². The molecule has 19 heavy (non-hydrogen) atoms. The van der Waals surface area contributed by atoms with Crippen LogP contribution in [-0.2, 0) is 0 Å². The Morgan fingerprint density at radius 2 is 2.00 bits per heavy atom. The van der Waals surface area contributed by atoms with Crippen molar-refractivity contribution in [3.63, 3.8) is 0 Å². The van der Waals surface area contributed by atoms with Crippen molar-refractivity contribution in [3.8, 4) is 0 Å². The smallest absolute Gasteiger partial charge is 0.254 e. The molecule has 0 atom stereocenters. The second kappa shape index (κ2) is 7.17. The predicted octanol–water partition coefficient (Wildman–Crippen LogP) is 3.69. The molecule has 1 rings (SSSR count). The van der Waals surface area contributed by atoms with Crippen LogP contribution >= 0.6 is 0 Å². The van der Waals surface area contributed by atoms with Crippen molar-refractivity contribution >= 4 is 11.6 Å². The number of aryl methyl sites for hydroxylation is 1. The predicted molar refractivity (Wildman–Crippen MR) is 81.8 cm³/mol. The van der Waals surface area contributed by atoms with E-state index in [1.165, 1.54) is 0 Å². The van der Waals surface area contributed by atoms with Gasteiger partial charge in [0, 0.05) is 30.4 Å². The summed E-state index contributed by atoms with van der Waals surface area (Å²) in [6.45, 7) is 12.0. The normalized spacial score (nSPS) is 10.6. The molecule has 1 aromatic rings. The first-order chi connectivity index (χ1) is 9.01. The van der Waals surface area contributed by atoms with Crippen molar-refractivity contribution in [2.45, 2.75) is 47.1 Å². The zero-order chi connectivity index (χ0) is 14.4. The molecular weight excluding hydrogens is 236 g/mol. The minimum absolute atomic E-state index is 0.128. The van der Waals surface area contributed by atoms with Gasteiger partial charge in [-0.3, -0.25) is 4.79 Å². The number of benzene rings is 1. The van der Waals surface area contributed by atoms with Crippen molar-refractivity contribution in [1.29, 1.82) is 0 Å². The van der Waals surface area contributed by atoms with Crippen LogP contribution in [0.2, 0.25) is 0 Å². The van der Waals surface area contributed by atoms with Crippen LogP contribution in [0.15, 0.2) is 18.2 Å². The fraction of sp³-hybridized carbons (Fsp3) is 0.562. The van der Waals surface area contributed by atoms with Gasteiger partial charge in [-0.1, -0.05) is 6.92 Å². The van der Waals surface area contributed by atoms with E-state index >= 15 is 0 Å². The fourth-order valence-corrected chi connectivity index (χ4v) is 2.19. The van der Waals surface area contributed by atoms with E-state index in [9.17, 15) is 4.79 Å². The van der Waals surface area contributed by atoms with Gasteiger partial charge in [0.05, 0.1) is 0 Å². The Hall–Kier alpha value is -1.51. The summed E-state index contributed by atoms with van der Waals surface area (Å²) in [6, 6.07) is 6.13. The standard InChI is InChI=1S/C16H26N2O/c1-6-10-18(12(3)4)16(19)14-8-9-15(17-7-2)13(5)11-14/h8-9,11-12,17H,6-7,10H2,1-5H3. The highest BCUT2D eigenvalue weighted by Gasteiger charge is 2.18. The zero-order valence-corrected chi connectivity index (χ0v) is 12.8. The first-order valence-corrected chi connectivity index (χ1v) is 7.16. The lowest BCUT2D eigenvalue weighted by Crippen LogP contribution is -2.37. The van der Waals surface area contributed by atoms with E-state index in [1.807, 2.05) is 30.0 Å². The Labute approximate surface area is 117 Å². The van der Waals surface area contributed by atoms with Gasteiger partial charge in [-0.05, 0) is 57.9 Å². The van der Waals surface area contributed by atoms with Crippen LogP contribution in [0.1, 0.15) is 50.0 Å². The quantitative estimate of drug-likeness (QED) is 0.848. The Kier molecular flexibility index (Phi) is 5.87. The molecule has 0 bridgehead atoms. The average Bonchev–Trinajstić information content (AvgIpc) is 2.37. The molecule has 0 aliphatic carbocycles. The number of rotatable bonds is 6. The van der Waals surface area contributed by atoms with Gasteiger partial charge in [0.1, 0.15) is 0 Å². The third kappa shape index (κ3) is 3.98. The molecule has 0 saturated heterocycles. The molecule has 0 saturated carbocycles. The molecule has 0 fully saturated rings. The maximum atomic E-state index is 12.5. The highest BCUT2D eigenvalue weighted by molar-refractivity contribution is 5.95. The maximum absolute atomic E-state index is 12.5. The number of nitrogens with zero attached hydrogens (tertiary/aromatic N) is 1. The monoisotopic (exact) mass is 262 g/mol. The molecule has 0 radical (unpaired) electrons. The van der Waals surface area contributed by atoms with Crippen LogP contribution in [0.3, 0.4) is 0 Å². The van der Waals surface area contributed by atoms with Crippen molar-refractivity contribution < 1.29 is 4.79 Å². The maximum Gasteiger partial charge on any atom is 0.254 e. The average molecular weight is 262 g/mol. The van der Waals surface area contributed by atoms with Crippen molar-refractivity contribution in [3.05, 3.63) is 29.3 Å². The van der Waals surface area contributed by atoms with Crippen molar-refractivity contribution in [2.24, 2.45) is 0 Å². The molecule has 3 nitrogen and oxygen atoms in total. The lowest BCUT2D eigenvalue weighted by atomic mass is 10.1. The minimum atomic E-state index is 0.128. The lowest BCUT2D eigenvalue weighted by molar-refractivity contribution is 0.0706. The van der Waals surface area contributed by atoms with Crippen LogP contribution in [0.4, 0.5) is 5.69 Å². The van der Waals surface area contributed by atoms with Crippen LogP contribution in [-0.4, -0.2) is 29.9 Å². The summed E-state index contributed by atoms with van der Waals surface area (Å²) in [4.78, 5) is 14.4. The Balaban J connectivity index is 2.95. The number of carbonyl (C=O) groups excluding carboxylic acids is 1. The largest absolute Gasteiger partial charge is 0.385 e. The molecule has 0 unspecified atom stereocenters. The highest BCUT2D eigenvalue weighted by Crippen LogP contribution is 2.18. The number of nitrogens with one attached hydrogen (secondary N) is 1. The Morgan fingerprint density at radius 1 is 1.32 bits per heavy atom. The van der Waals surface area contributed by atoms with Gasteiger partial charge in [-0.2, -0.15) is 0 Å². The topological polar surface area (TPSA) is 32.3 Å². The van der Waals surface area contributed by atoms with Gasteiger partial charge in [0.15, 0.2) is 0 Å². The third-order valence-electron chi connectivity index (χ3n) is 3.19. The van der Waals surface area contributed by atoms with Gasteiger partial charge in [-0.15, -0.1) is 0 Å². The molecule has 0 aliphatic rings. The number of anilines is 1. The van der Waals surface area contributed by atoms with Crippen LogP contribution in [0, 0.1) is 6.92 Å². The summed E-state index contributed by atoms with van der Waals surface area (Å²) in [5, 5.41) is 3.29. The van der Waals surface area contributed by atoms with Gasteiger partial charge in [0.25, 0.3) is 5.91 Å². The molecule has 3 heteroatoms. The molecular formula is C16H26N2O. The van der Waals surface area contributed by atoms with Crippen molar-refractivity contribution in [1.82, 2.24) is 4.90 Å². The van der Waals surface area contributed by atoms with E-state index in [1.54, 1.807) is 0 Å². The second-order valence-corrected chi connectivity index (χ2v) is 5.15. The highest BCUT2D eigenvalue weighted by atomic mass is 16.2. The van der Waals surface area contributed by atoms with Gasteiger partial charge in [-0.25, -0.2) is 0 Å². The van der Waals surface area contributed by atoms with E-state index in [4.69, 9.17) is 0 Å². The third-order valence-corrected chi connectivity index (χ3v) is 3.19. The summed E-state index contributed by atoms with van der Waals surface area (Å²) >= 11 is 0. The van der Waals surface area contributed by atoms with E-state index in [-0.39, 0.29) is 11.9 Å².